The van der Waals surface area contributed by atoms with Crippen LogP contribution in [-0.4, -0.2) is 13.4 Å². The lowest BCUT2D eigenvalue weighted by atomic mass is 10.2. The van der Waals surface area contributed by atoms with Gasteiger partial charge in [-0.25, -0.2) is 18.1 Å². The average molecular weight is 296 g/mol. The molecule has 2 rings (SSSR count). The van der Waals surface area contributed by atoms with Gasteiger partial charge in [-0.15, -0.1) is 11.3 Å². The van der Waals surface area contributed by atoms with Crippen LogP contribution >= 0.6 is 11.3 Å². The van der Waals surface area contributed by atoms with Crippen LogP contribution in [-0.2, 0) is 16.6 Å². The SMILES string of the molecule is Cc1cccc(S(=O)(=O)NCc2nc(C)c(C)s2)c1. The molecule has 0 aliphatic heterocycles. The maximum Gasteiger partial charge on any atom is 0.240 e. The fourth-order valence-corrected chi connectivity index (χ4v) is 3.69. The molecule has 1 aromatic heterocycles. The minimum Gasteiger partial charge on any atom is -0.245 e. The second-order valence-corrected chi connectivity index (χ2v) is 7.44. The number of nitrogens with zero attached hydrogens (tertiary/aromatic N) is 1. The van der Waals surface area contributed by atoms with E-state index in [0.717, 1.165) is 21.1 Å². The van der Waals surface area contributed by atoms with Crippen molar-refractivity contribution in [3.8, 4) is 0 Å². The second-order valence-electron chi connectivity index (χ2n) is 4.39. The van der Waals surface area contributed by atoms with E-state index in [4.69, 9.17) is 0 Å². The van der Waals surface area contributed by atoms with Crippen LogP contribution in [0.3, 0.4) is 0 Å². The van der Waals surface area contributed by atoms with Crippen LogP contribution in [0.25, 0.3) is 0 Å². The first-order valence-electron chi connectivity index (χ1n) is 5.88. The summed E-state index contributed by atoms with van der Waals surface area (Å²) < 4.78 is 26.8. The smallest absolute Gasteiger partial charge is 0.240 e. The highest BCUT2D eigenvalue weighted by Gasteiger charge is 2.14. The number of aromatic nitrogens is 1. The molecule has 0 unspecified atom stereocenters. The first-order valence-corrected chi connectivity index (χ1v) is 8.18. The quantitative estimate of drug-likeness (QED) is 0.943. The van der Waals surface area contributed by atoms with Gasteiger partial charge >= 0.3 is 0 Å². The third-order valence-corrected chi connectivity index (χ3v) is 5.26. The Bertz CT molecular complexity index is 671. The molecule has 0 spiro atoms. The molecular formula is C13H16N2O2S2. The molecule has 1 heterocycles. The lowest BCUT2D eigenvalue weighted by Gasteiger charge is -2.05. The Labute approximate surface area is 117 Å². The highest BCUT2D eigenvalue weighted by Crippen LogP contribution is 2.17. The zero-order chi connectivity index (χ0) is 14.0. The van der Waals surface area contributed by atoms with E-state index >= 15 is 0 Å². The summed E-state index contributed by atoms with van der Waals surface area (Å²) in [6, 6.07) is 6.85. The molecule has 0 saturated carbocycles. The van der Waals surface area contributed by atoms with Gasteiger partial charge in [0.05, 0.1) is 17.1 Å². The summed E-state index contributed by atoms with van der Waals surface area (Å²) in [6.45, 7) is 6.00. The predicted octanol–water partition coefficient (Wildman–Crippen LogP) is 2.55. The third-order valence-electron chi connectivity index (χ3n) is 2.79. The Balaban J connectivity index is 2.14. The number of aryl methyl sites for hydroxylation is 3. The van der Waals surface area contributed by atoms with Crippen molar-refractivity contribution >= 4 is 21.4 Å². The predicted molar refractivity (Wildman–Crippen MR) is 76.8 cm³/mol. The van der Waals surface area contributed by atoms with E-state index in [1.807, 2.05) is 26.8 Å². The van der Waals surface area contributed by atoms with Crippen molar-refractivity contribution in [2.45, 2.75) is 32.2 Å². The fourth-order valence-electron chi connectivity index (χ4n) is 1.64. The van der Waals surface area contributed by atoms with Gasteiger partial charge in [-0.2, -0.15) is 0 Å². The van der Waals surface area contributed by atoms with Crippen LogP contribution < -0.4 is 4.72 Å². The zero-order valence-corrected chi connectivity index (χ0v) is 12.7. The number of hydrogen-bond acceptors (Lipinski definition) is 4. The van der Waals surface area contributed by atoms with Gasteiger partial charge in [-0.1, -0.05) is 12.1 Å². The first-order chi connectivity index (χ1) is 8.88. The van der Waals surface area contributed by atoms with E-state index < -0.39 is 10.0 Å². The maximum atomic E-state index is 12.1. The molecule has 0 radical (unpaired) electrons. The lowest BCUT2D eigenvalue weighted by molar-refractivity contribution is 0.581. The van der Waals surface area contributed by atoms with Gasteiger partial charge in [-0.3, -0.25) is 0 Å². The summed E-state index contributed by atoms with van der Waals surface area (Å²) in [4.78, 5) is 5.72. The number of sulfonamides is 1. The summed E-state index contributed by atoms with van der Waals surface area (Å²) in [6.07, 6.45) is 0. The van der Waals surface area contributed by atoms with E-state index in [9.17, 15) is 8.42 Å². The fraction of sp³-hybridized carbons (Fsp3) is 0.308. The van der Waals surface area contributed by atoms with Crippen molar-refractivity contribution in [1.82, 2.24) is 9.71 Å². The minimum absolute atomic E-state index is 0.232. The van der Waals surface area contributed by atoms with E-state index in [2.05, 4.69) is 9.71 Å². The van der Waals surface area contributed by atoms with E-state index in [1.165, 1.54) is 11.3 Å². The number of benzene rings is 1. The largest absolute Gasteiger partial charge is 0.245 e. The Morgan fingerprint density at radius 1 is 1.26 bits per heavy atom. The number of nitrogens with one attached hydrogen (secondary N) is 1. The van der Waals surface area contributed by atoms with Crippen LogP contribution in [0.1, 0.15) is 21.1 Å². The molecule has 6 heteroatoms. The Kier molecular flexibility index (Phi) is 4.03. The van der Waals surface area contributed by atoms with E-state index in [0.29, 0.717) is 0 Å². The van der Waals surface area contributed by atoms with Crippen molar-refractivity contribution < 1.29 is 8.42 Å². The minimum atomic E-state index is -3.47. The standard InChI is InChI=1S/C13H16N2O2S2/c1-9-5-4-6-12(7-9)19(16,17)14-8-13-15-10(2)11(3)18-13/h4-7,14H,8H2,1-3H3. The highest BCUT2D eigenvalue weighted by molar-refractivity contribution is 7.89. The van der Waals surface area contributed by atoms with Crippen molar-refractivity contribution in [1.29, 1.82) is 0 Å². The topological polar surface area (TPSA) is 59.1 Å². The summed E-state index contributed by atoms with van der Waals surface area (Å²) in [5.41, 5.74) is 1.87. The summed E-state index contributed by atoms with van der Waals surface area (Å²) >= 11 is 1.52. The van der Waals surface area contributed by atoms with Gasteiger partial charge in [0, 0.05) is 4.88 Å². The number of rotatable bonds is 4. The number of hydrogen-bond donors (Lipinski definition) is 1. The molecule has 0 aliphatic carbocycles. The van der Waals surface area contributed by atoms with E-state index in [-0.39, 0.29) is 11.4 Å². The molecule has 2 aromatic rings. The third kappa shape index (κ3) is 3.40. The van der Waals surface area contributed by atoms with Gasteiger partial charge < -0.3 is 0 Å². The lowest BCUT2D eigenvalue weighted by Crippen LogP contribution is -2.23. The first kappa shape index (κ1) is 14.2. The summed E-state index contributed by atoms with van der Waals surface area (Å²) in [5, 5.41) is 0.784. The molecule has 0 fully saturated rings. The molecular weight excluding hydrogens is 280 g/mol. The van der Waals surface area contributed by atoms with Crippen LogP contribution in [0, 0.1) is 20.8 Å². The van der Waals surface area contributed by atoms with Gasteiger partial charge in [0.15, 0.2) is 0 Å². The molecule has 0 atom stereocenters. The van der Waals surface area contributed by atoms with Crippen molar-refractivity contribution in [2.75, 3.05) is 0 Å². The van der Waals surface area contributed by atoms with Crippen molar-refractivity contribution in [2.24, 2.45) is 0 Å². The normalized spacial score (nSPS) is 11.7. The van der Waals surface area contributed by atoms with Crippen molar-refractivity contribution in [3.05, 3.63) is 45.4 Å². The molecule has 1 aromatic carbocycles. The molecule has 0 amide bonds. The van der Waals surface area contributed by atoms with Crippen LogP contribution in [0.15, 0.2) is 29.2 Å². The molecule has 102 valence electrons. The molecule has 0 bridgehead atoms. The van der Waals surface area contributed by atoms with Gasteiger partial charge in [0.1, 0.15) is 5.01 Å². The average Bonchev–Trinajstić information content (AvgIpc) is 2.67. The van der Waals surface area contributed by atoms with Gasteiger partial charge in [0.25, 0.3) is 0 Å². The monoisotopic (exact) mass is 296 g/mol. The van der Waals surface area contributed by atoms with Gasteiger partial charge in [0.2, 0.25) is 10.0 Å². The van der Waals surface area contributed by atoms with Crippen LogP contribution in [0.2, 0.25) is 0 Å². The van der Waals surface area contributed by atoms with Crippen LogP contribution in [0.5, 0.6) is 0 Å². The molecule has 19 heavy (non-hydrogen) atoms. The summed E-state index contributed by atoms with van der Waals surface area (Å²) in [5.74, 6) is 0. The van der Waals surface area contributed by atoms with Crippen LogP contribution in [0.4, 0.5) is 0 Å². The van der Waals surface area contributed by atoms with E-state index in [1.54, 1.807) is 18.2 Å². The van der Waals surface area contributed by atoms with Crippen molar-refractivity contribution in [3.63, 3.8) is 0 Å². The molecule has 1 N–H and O–H groups in total. The Hall–Kier alpha value is -1.24. The Morgan fingerprint density at radius 3 is 2.58 bits per heavy atom. The summed E-state index contributed by atoms with van der Waals surface area (Å²) in [7, 11) is -3.47. The molecule has 4 nitrogen and oxygen atoms in total. The second kappa shape index (κ2) is 5.40. The van der Waals surface area contributed by atoms with Gasteiger partial charge in [-0.05, 0) is 38.5 Å². The molecule has 0 aliphatic rings. The maximum absolute atomic E-state index is 12.1. The zero-order valence-electron chi connectivity index (χ0n) is 11.1. The Morgan fingerprint density at radius 2 is 2.00 bits per heavy atom. The molecule has 0 saturated heterocycles. The highest BCUT2D eigenvalue weighted by atomic mass is 32.2. The number of thiazole rings is 1.